The zero-order chi connectivity index (χ0) is 11.4. The second kappa shape index (κ2) is 5.34. The average Bonchev–Trinajstić information content (AvgIpc) is 2.96. The van der Waals surface area contributed by atoms with Gasteiger partial charge in [0, 0.05) is 25.2 Å². The third kappa shape index (κ3) is 3.23. The van der Waals surface area contributed by atoms with Crippen LogP contribution >= 0.6 is 11.6 Å². The number of imidazole rings is 1. The molecule has 2 rings (SSSR count). The normalized spacial score (nSPS) is 15.1. The summed E-state index contributed by atoms with van der Waals surface area (Å²) in [5.74, 6) is 0.629. The first-order valence-corrected chi connectivity index (χ1v) is 6.17. The molecule has 0 unspecified atom stereocenters. The Bertz CT molecular complexity index is 360. The third-order valence-corrected chi connectivity index (χ3v) is 2.95. The average molecular weight is 242 g/mol. The molecule has 0 aromatic carbocycles. The van der Waals surface area contributed by atoms with Crippen molar-refractivity contribution >= 4 is 17.5 Å². The Morgan fingerprint density at radius 2 is 2.44 bits per heavy atom. The maximum Gasteiger partial charge on any atom is 0.220 e. The molecule has 1 amide bonds. The van der Waals surface area contributed by atoms with E-state index in [1.165, 1.54) is 0 Å². The number of aromatic nitrogens is 2. The maximum absolute atomic E-state index is 11.4. The fraction of sp³-hybridized carbons (Fsp3) is 0.636. The van der Waals surface area contributed by atoms with Crippen molar-refractivity contribution in [3.05, 3.63) is 18.2 Å². The standard InChI is InChI=1S/C11H16ClN3O/c12-6-10-7-13-8-15(10)5-1-2-11(16)14-9-3-4-9/h7-9H,1-6H2,(H,14,16). The minimum atomic E-state index is 0.162. The molecule has 88 valence electrons. The summed E-state index contributed by atoms with van der Waals surface area (Å²) in [7, 11) is 0. The van der Waals surface area contributed by atoms with Gasteiger partial charge in [-0.15, -0.1) is 11.6 Å². The van der Waals surface area contributed by atoms with Gasteiger partial charge in [0.25, 0.3) is 0 Å². The Morgan fingerprint density at radius 1 is 1.62 bits per heavy atom. The van der Waals surface area contributed by atoms with Crippen molar-refractivity contribution in [3.8, 4) is 0 Å². The van der Waals surface area contributed by atoms with Crippen LogP contribution in [0.15, 0.2) is 12.5 Å². The molecule has 4 nitrogen and oxygen atoms in total. The molecule has 1 aromatic heterocycles. The zero-order valence-electron chi connectivity index (χ0n) is 9.16. The highest BCUT2D eigenvalue weighted by Gasteiger charge is 2.22. The highest BCUT2D eigenvalue weighted by molar-refractivity contribution is 6.16. The molecule has 0 bridgehead atoms. The smallest absolute Gasteiger partial charge is 0.220 e. The summed E-state index contributed by atoms with van der Waals surface area (Å²) in [6, 6.07) is 0.458. The van der Waals surface area contributed by atoms with Crippen LogP contribution in [-0.2, 0) is 17.2 Å². The molecule has 1 saturated carbocycles. The van der Waals surface area contributed by atoms with Crippen LogP contribution in [0, 0.1) is 0 Å². The molecular weight excluding hydrogens is 226 g/mol. The van der Waals surface area contributed by atoms with Crippen molar-refractivity contribution in [3.63, 3.8) is 0 Å². The van der Waals surface area contributed by atoms with Crippen LogP contribution in [0.4, 0.5) is 0 Å². The van der Waals surface area contributed by atoms with E-state index in [-0.39, 0.29) is 5.91 Å². The Kier molecular flexibility index (Phi) is 3.83. The molecule has 5 heteroatoms. The van der Waals surface area contributed by atoms with Crippen molar-refractivity contribution in [1.29, 1.82) is 0 Å². The number of hydrogen-bond acceptors (Lipinski definition) is 2. The lowest BCUT2D eigenvalue weighted by molar-refractivity contribution is -0.121. The molecule has 0 saturated heterocycles. The number of hydrogen-bond donors (Lipinski definition) is 1. The number of nitrogens with one attached hydrogen (secondary N) is 1. The van der Waals surface area contributed by atoms with Crippen LogP contribution in [0.2, 0.25) is 0 Å². The molecule has 1 heterocycles. The number of carbonyl (C=O) groups is 1. The van der Waals surface area contributed by atoms with E-state index in [1.54, 1.807) is 12.5 Å². The lowest BCUT2D eigenvalue weighted by Gasteiger charge is -2.06. The number of halogens is 1. The number of alkyl halides is 1. The van der Waals surface area contributed by atoms with Gasteiger partial charge in [0.1, 0.15) is 0 Å². The molecule has 1 fully saturated rings. The van der Waals surface area contributed by atoms with E-state index >= 15 is 0 Å². The van der Waals surface area contributed by atoms with Crippen LogP contribution in [-0.4, -0.2) is 21.5 Å². The Morgan fingerprint density at radius 3 is 3.12 bits per heavy atom. The molecule has 1 aliphatic carbocycles. The van der Waals surface area contributed by atoms with Gasteiger partial charge in [-0.1, -0.05) is 0 Å². The van der Waals surface area contributed by atoms with E-state index in [2.05, 4.69) is 10.3 Å². The van der Waals surface area contributed by atoms with Gasteiger partial charge in [-0.2, -0.15) is 0 Å². The highest BCUT2D eigenvalue weighted by Crippen LogP contribution is 2.18. The molecule has 0 aliphatic heterocycles. The number of aryl methyl sites for hydroxylation is 1. The fourth-order valence-corrected chi connectivity index (χ4v) is 1.82. The summed E-state index contributed by atoms with van der Waals surface area (Å²) < 4.78 is 2.00. The second-order valence-corrected chi connectivity index (χ2v) is 4.42. The van der Waals surface area contributed by atoms with E-state index in [4.69, 9.17) is 11.6 Å². The summed E-state index contributed by atoms with van der Waals surface area (Å²) in [5.41, 5.74) is 1.00. The number of rotatable bonds is 6. The number of nitrogens with zero attached hydrogens (tertiary/aromatic N) is 2. The van der Waals surface area contributed by atoms with Gasteiger partial charge in [0.05, 0.1) is 17.9 Å². The van der Waals surface area contributed by atoms with Gasteiger partial charge in [0.2, 0.25) is 5.91 Å². The topological polar surface area (TPSA) is 46.9 Å². The maximum atomic E-state index is 11.4. The van der Waals surface area contributed by atoms with E-state index in [9.17, 15) is 4.79 Å². The van der Waals surface area contributed by atoms with E-state index in [0.717, 1.165) is 31.5 Å². The van der Waals surface area contributed by atoms with Crippen molar-refractivity contribution in [2.75, 3.05) is 0 Å². The minimum absolute atomic E-state index is 0.162. The molecule has 16 heavy (non-hydrogen) atoms. The Labute approximate surface area is 100.0 Å². The summed E-state index contributed by atoms with van der Waals surface area (Å²) in [6.07, 6.45) is 7.22. The summed E-state index contributed by atoms with van der Waals surface area (Å²) in [4.78, 5) is 15.4. The molecule has 0 atom stereocenters. The third-order valence-electron chi connectivity index (χ3n) is 2.68. The van der Waals surface area contributed by atoms with Crippen LogP contribution in [0.3, 0.4) is 0 Å². The lowest BCUT2D eigenvalue weighted by Crippen LogP contribution is -2.25. The van der Waals surface area contributed by atoms with Crippen LogP contribution < -0.4 is 5.32 Å². The summed E-state index contributed by atoms with van der Waals surface area (Å²) >= 11 is 5.75. The molecule has 1 N–H and O–H groups in total. The first-order chi connectivity index (χ1) is 7.79. The van der Waals surface area contributed by atoms with Crippen molar-refractivity contribution in [1.82, 2.24) is 14.9 Å². The SMILES string of the molecule is O=C(CCCn1cncc1CCl)NC1CC1. The highest BCUT2D eigenvalue weighted by atomic mass is 35.5. The van der Waals surface area contributed by atoms with Gasteiger partial charge in [-0.25, -0.2) is 4.98 Å². The first-order valence-electron chi connectivity index (χ1n) is 5.64. The summed E-state index contributed by atoms with van der Waals surface area (Å²) in [6.45, 7) is 0.806. The van der Waals surface area contributed by atoms with Crippen LogP contribution in [0.25, 0.3) is 0 Å². The molecule has 0 radical (unpaired) electrons. The number of carbonyl (C=O) groups excluding carboxylic acids is 1. The fourth-order valence-electron chi connectivity index (χ4n) is 1.60. The Hall–Kier alpha value is -1.03. The van der Waals surface area contributed by atoms with E-state index in [1.807, 2.05) is 4.57 Å². The lowest BCUT2D eigenvalue weighted by atomic mass is 10.3. The van der Waals surface area contributed by atoms with Gasteiger partial charge >= 0.3 is 0 Å². The van der Waals surface area contributed by atoms with Crippen molar-refractivity contribution < 1.29 is 4.79 Å². The number of amides is 1. The van der Waals surface area contributed by atoms with Crippen LogP contribution in [0.5, 0.6) is 0 Å². The second-order valence-electron chi connectivity index (χ2n) is 4.16. The quantitative estimate of drug-likeness (QED) is 0.771. The molecule has 1 aromatic rings. The van der Waals surface area contributed by atoms with Gasteiger partial charge in [-0.3, -0.25) is 4.79 Å². The van der Waals surface area contributed by atoms with Gasteiger partial charge in [0.15, 0.2) is 0 Å². The van der Waals surface area contributed by atoms with Crippen molar-refractivity contribution in [2.24, 2.45) is 0 Å². The zero-order valence-corrected chi connectivity index (χ0v) is 9.91. The van der Waals surface area contributed by atoms with E-state index < -0.39 is 0 Å². The van der Waals surface area contributed by atoms with Crippen LogP contribution in [0.1, 0.15) is 31.4 Å². The first kappa shape index (κ1) is 11.5. The largest absolute Gasteiger partial charge is 0.353 e. The van der Waals surface area contributed by atoms with Gasteiger partial charge < -0.3 is 9.88 Å². The predicted molar refractivity (Wildman–Crippen MR) is 62.2 cm³/mol. The minimum Gasteiger partial charge on any atom is -0.353 e. The molecule has 1 aliphatic rings. The molecular formula is C11H16ClN3O. The van der Waals surface area contributed by atoms with E-state index in [0.29, 0.717) is 18.3 Å². The monoisotopic (exact) mass is 241 g/mol. The van der Waals surface area contributed by atoms with Crippen molar-refractivity contribution in [2.45, 2.75) is 44.1 Å². The molecule has 0 spiro atoms. The summed E-state index contributed by atoms with van der Waals surface area (Å²) in [5, 5.41) is 2.97. The van der Waals surface area contributed by atoms with Gasteiger partial charge in [-0.05, 0) is 19.3 Å². The Balaban J connectivity index is 1.68. The predicted octanol–water partition coefficient (Wildman–Crippen LogP) is 1.68.